The molecule has 70 valence electrons. The quantitative estimate of drug-likeness (QED) is 0.371. The Kier molecular flexibility index (Phi) is 3.11. The number of rotatable bonds is 2. The molecule has 4 N–H and O–H groups in total. The van der Waals surface area contributed by atoms with E-state index >= 15 is 0 Å². The molecule has 0 atom stereocenters. The average Bonchev–Trinajstić information content (AvgIpc) is 2.13. The van der Waals surface area contributed by atoms with Crippen LogP contribution in [0.15, 0.2) is 18.2 Å². The fourth-order valence-corrected chi connectivity index (χ4v) is 1.12. The van der Waals surface area contributed by atoms with Crippen LogP contribution in [0.4, 0.5) is 0 Å². The fourth-order valence-electron chi connectivity index (χ4n) is 0.927. The number of hydrazine groups is 1. The number of para-hydroxylation sites is 1. The number of halogens is 1. The lowest BCUT2D eigenvalue weighted by atomic mass is 10.1. The number of carbonyl (C=O) groups is 1. The van der Waals surface area contributed by atoms with Crippen LogP contribution in [0.1, 0.15) is 5.56 Å². The van der Waals surface area contributed by atoms with Crippen molar-refractivity contribution in [2.24, 2.45) is 5.84 Å². The molecule has 13 heavy (non-hydrogen) atoms. The molecule has 0 aromatic heterocycles. The van der Waals surface area contributed by atoms with Gasteiger partial charge in [0.1, 0.15) is 5.75 Å². The van der Waals surface area contributed by atoms with Gasteiger partial charge >= 0.3 is 0 Å². The lowest BCUT2D eigenvalue weighted by Crippen LogP contribution is -2.31. The number of phenols is 1. The van der Waals surface area contributed by atoms with Crippen LogP contribution >= 0.6 is 11.6 Å². The third-order valence-corrected chi connectivity index (χ3v) is 1.89. The Labute approximate surface area is 80.3 Å². The number of aromatic hydroxyl groups is 1. The van der Waals surface area contributed by atoms with Crippen LogP contribution < -0.4 is 11.3 Å². The highest BCUT2D eigenvalue weighted by molar-refractivity contribution is 6.32. The van der Waals surface area contributed by atoms with Crippen LogP contribution in [0.3, 0.4) is 0 Å². The highest BCUT2D eigenvalue weighted by Gasteiger charge is 2.08. The Hall–Kier alpha value is -1.26. The average molecular weight is 201 g/mol. The number of benzene rings is 1. The smallest absolute Gasteiger partial charge is 0.238 e. The minimum Gasteiger partial charge on any atom is -0.506 e. The van der Waals surface area contributed by atoms with Crippen LogP contribution in [0.5, 0.6) is 5.75 Å². The minimum atomic E-state index is -0.377. The molecule has 0 spiro atoms. The summed E-state index contributed by atoms with van der Waals surface area (Å²) >= 11 is 5.63. The van der Waals surface area contributed by atoms with Crippen molar-refractivity contribution in [3.8, 4) is 5.75 Å². The van der Waals surface area contributed by atoms with Gasteiger partial charge in [-0.2, -0.15) is 0 Å². The number of hydrogen-bond acceptors (Lipinski definition) is 3. The molecule has 0 aliphatic heterocycles. The van der Waals surface area contributed by atoms with Crippen LogP contribution in [0, 0.1) is 0 Å². The van der Waals surface area contributed by atoms with Crippen LogP contribution in [-0.4, -0.2) is 11.0 Å². The third-order valence-electron chi connectivity index (χ3n) is 1.58. The van der Waals surface area contributed by atoms with Gasteiger partial charge in [-0.1, -0.05) is 23.7 Å². The molecule has 4 nitrogen and oxygen atoms in total. The number of carbonyl (C=O) groups excluding carboxylic acids is 1. The first-order chi connectivity index (χ1) is 6.15. The van der Waals surface area contributed by atoms with Crippen molar-refractivity contribution in [2.45, 2.75) is 6.42 Å². The number of nitrogens with two attached hydrogens (primary N) is 1. The third kappa shape index (κ3) is 2.34. The molecule has 5 heteroatoms. The van der Waals surface area contributed by atoms with Crippen molar-refractivity contribution in [2.75, 3.05) is 0 Å². The van der Waals surface area contributed by atoms with E-state index in [4.69, 9.17) is 17.4 Å². The van der Waals surface area contributed by atoms with Crippen molar-refractivity contribution in [3.05, 3.63) is 28.8 Å². The summed E-state index contributed by atoms with van der Waals surface area (Å²) in [5.74, 6) is 4.44. The molecule has 1 amide bonds. The first-order valence-electron chi connectivity index (χ1n) is 3.61. The van der Waals surface area contributed by atoms with Crippen LogP contribution in [-0.2, 0) is 11.2 Å². The summed E-state index contributed by atoms with van der Waals surface area (Å²) in [7, 11) is 0. The molecule has 0 radical (unpaired) electrons. The monoisotopic (exact) mass is 200 g/mol. The molecular weight excluding hydrogens is 192 g/mol. The van der Waals surface area contributed by atoms with Gasteiger partial charge in [-0.15, -0.1) is 0 Å². The maximum Gasteiger partial charge on any atom is 0.238 e. The molecule has 0 unspecified atom stereocenters. The van der Waals surface area contributed by atoms with Gasteiger partial charge in [-0.05, 0) is 6.07 Å². The van der Waals surface area contributed by atoms with Gasteiger partial charge in [0.25, 0.3) is 0 Å². The summed E-state index contributed by atoms with van der Waals surface area (Å²) in [5, 5.41) is 9.61. The molecule has 0 bridgehead atoms. The van der Waals surface area contributed by atoms with E-state index in [-0.39, 0.29) is 23.1 Å². The number of phenolic OH excluding ortho intramolecular Hbond substituents is 1. The summed E-state index contributed by atoms with van der Waals surface area (Å²) in [4.78, 5) is 10.9. The Morgan fingerprint density at radius 1 is 1.62 bits per heavy atom. The minimum absolute atomic E-state index is 0.0168. The van der Waals surface area contributed by atoms with Gasteiger partial charge in [-0.25, -0.2) is 5.84 Å². The largest absolute Gasteiger partial charge is 0.506 e. The highest BCUT2D eigenvalue weighted by Crippen LogP contribution is 2.26. The van der Waals surface area contributed by atoms with Gasteiger partial charge in [0.2, 0.25) is 5.91 Å². The lowest BCUT2D eigenvalue weighted by Gasteiger charge is -2.04. The summed E-state index contributed by atoms with van der Waals surface area (Å²) < 4.78 is 0. The Morgan fingerprint density at radius 2 is 2.31 bits per heavy atom. The molecule has 0 heterocycles. The molecule has 0 aliphatic rings. The van der Waals surface area contributed by atoms with E-state index < -0.39 is 0 Å². The zero-order valence-corrected chi connectivity index (χ0v) is 7.51. The van der Waals surface area contributed by atoms with Gasteiger partial charge < -0.3 is 5.11 Å². The summed E-state index contributed by atoms with van der Waals surface area (Å²) in [6.07, 6.45) is 0.0168. The maximum atomic E-state index is 10.9. The van der Waals surface area contributed by atoms with Gasteiger partial charge in [0.15, 0.2) is 0 Å². The van der Waals surface area contributed by atoms with Gasteiger partial charge in [0, 0.05) is 5.56 Å². The van der Waals surface area contributed by atoms with Crippen LogP contribution in [0.25, 0.3) is 0 Å². The van der Waals surface area contributed by atoms with Crippen molar-refractivity contribution >= 4 is 17.5 Å². The normalized spacial score (nSPS) is 9.69. The summed E-state index contributed by atoms with van der Waals surface area (Å²) in [6, 6.07) is 4.80. The topological polar surface area (TPSA) is 75.3 Å². The van der Waals surface area contributed by atoms with E-state index in [2.05, 4.69) is 0 Å². The second-order valence-corrected chi connectivity index (χ2v) is 2.90. The van der Waals surface area contributed by atoms with E-state index in [1.54, 1.807) is 18.2 Å². The zero-order chi connectivity index (χ0) is 9.84. The molecule has 0 aliphatic carbocycles. The molecule has 1 aromatic rings. The van der Waals surface area contributed by atoms with Crippen molar-refractivity contribution in [3.63, 3.8) is 0 Å². The van der Waals surface area contributed by atoms with Crippen molar-refractivity contribution in [1.82, 2.24) is 5.43 Å². The number of amides is 1. The predicted molar refractivity (Wildman–Crippen MR) is 49.2 cm³/mol. The van der Waals surface area contributed by atoms with E-state index in [1.807, 2.05) is 5.43 Å². The SMILES string of the molecule is NNC(=O)Cc1cccc(Cl)c1O. The van der Waals surface area contributed by atoms with E-state index in [0.717, 1.165) is 0 Å². The second kappa shape index (κ2) is 4.11. The number of nitrogens with one attached hydrogen (secondary N) is 1. The summed E-state index contributed by atoms with van der Waals surface area (Å²) in [6.45, 7) is 0. The number of hydrogen-bond donors (Lipinski definition) is 3. The fraction of sp³-hybridized carbons (Fsp3) is 0.125. The van der Waals surface area contributed by atoms with E-state index in [0.29, 0.717) is 5.56 Å². The first-order valence-corrected chi connectivity index (χ1v) is 3.98. The highest BCUT2D eigenvalue weighted by atomic mass is 35.5. The molecule has 1 aromatic carbocycles. The lowest BCUT2D eigenvalue weighted by molar-refractivity contribution is -0.120. The summed E-state index contributed by atoms with van der Waals surface area (Å²) in [5.41, 5.74) is 2.42. The van der Waals surface area contributed by atoms with Gasteiger partial charge in [0.05, 0.1) is 11.4 Å². The Morgan fingerprint density at radius 3 is 2.92 bits per heavy atom. The standard InChI is InChI=1S/C8H9ClN2O2/c9-6-3-1-2-5(8(6)13)4-7(12)11-10/h1-3,13H,4,10H2,(H,11,12). The Bertz CT molecular complexity index is 328. The van der Waals surface area contributed by atoms with Crippen molar-refractivity contribution in [1.29, 1.82) is 0 Å². The Balaban J connectivity index is 2.89. The van der Waals surface area contributed by atoms with E-state index in [9.17, 15) is 9.90 Å². The predicted octanol–water partition coefficient (Wildman–Crippen LogP) is 0.578. The molecule has 0 saturated heterocycles. The molecule has 1 rings (SSSR count). The molecule has 0 saturated carbocycles. The second-order valence-electron chi connectivity index (χ2n) is 2.49. The first kappa shape index (κ1) is 9.83. The van der Waals surface area contributed by atoms with Crippen LogP contribution in [0.2, 0.25) is 5.02 Å². The molecule has 0 fully saturated rings. The maximum absolute atomic E-state index is 10.9. The van der Waals surface area contributed by atoms with E-state index in [1.165, 1.54) is 0 Å². The molecular formula is C8H9ClN2O2. The van der Waals surface area contributed by atoms with Crippen molar-refractivity contribution < 1.29 is 9.90 Å². The zero-order valence-electron chi connectivity index (χ0n) is 6.75. The van der Waals surface area contributed by atoms with Gasteiger partial charge in [-0.3, -0.25) is 10.2 Å².